The van der Waals surface area contributed by atoms with Gasteiger partial charge in [0.2, 0.25) is 0 Å². The molecule has 2 aromatic heterocycles. The van der Waals surface area contributed by atoms with E-state index in [1.165, 1.54) is 0 Å². The van der Waals surface area contributed by atoms with Crippen LogP contribution in [0.25, 0.3) is 10.8 Å². The van der Waals surface area contributed by atoms with Crippen molar-refractivity contribution < 1.29 is 9.63 Å². The second kappa shape index (κ2) is 5.40. The summed E-state index contributed by atoms with van der Waals surface area (Å²) in [6.45, 7) is 1.65. The molecular formula is C13H17N3O2S. The molecule has 1 aliphatic carbocycles. The van der Waals surface area contributed by atoms with Gasteiger partial charge in [0, 0.05) is 6.54 Å². The Balaban J connectivity index is 1.55. The Labute approximate surface area is 115 Å². The summed E-state index contributed by atoms with van der Waals surface area (Å²) < 4.78 is 5.25. The topological polar surface area (TPSA) is 62.4 Å². The molecule has 1 fully saturated rings. The highest BCUT2D eigenvalue weighted by Gasteiger charge is 2.28. The molecule has 1 aliphatic rings. The maximum absolute atomic E-state index is 9.27. The van der Waals surface area contributed by atoms with Crippen molar-refractivity contribution in [2.75, 3.05) is 13.6 Å². The molecule has 0 amide bonds. The maximum atomic E-state index is 9.27. The number of hydrogen-bond donors (Lipinski definition) is 1. The van der Waals surface area contributed by atoms with Crippen LogP contribution in [-0.4, -0.2) is 39.8 Å². The maximum Gasteiger partial charge on any atom is 0.268 e. The number of thiophene rings is 1. The van der Waals surface area contributed by atoms with E-state index in [1.807, 2.05) is 24.6 Å². The van der Waals surface area contributed by atoms with Gasteiger partial charge in [0.25, 0.3) is 5.89 Å². The lowest BCUT2D eigenvalue weighted by atomic mass is 9.82. The smallest absolute Gasteiger partial charge is 0.268 e. The third kappa shape index (κ3) is 3.02. The van der Waals surface area contributed by atoms with Crippen LogP contribution < -0.4 is 0 Å². The summed E-state index contributed by atoms with van der Waals surface area (Å²) >= 11 is 1.59. The number of hydrogen-bond acceptors (Lipinski definition) is 6. The lowest BCUT2D eigenvalue weighted by Gasteiger charge is -2.34. The molecule has 5 nitrogen and oxygen atoms in total. The van der Waals surface area contributed by atoms with Crippen LogP contribution >= 0.6 is 11.3 Å². The molecule has 0 unspecified atom stereocenters. The summed E-state index contributed by atoms with van der Waals surface area (Å²) in [7, 11) is 2.05. The fraction of sp³-hybridized carbons (Fsp3) is 0.538. The molecule has 0 aromatic carbocycles. The van der Waals surface area contributed by atoms with Crippen LogP contribution in [0.1, 0.15) is 18.7 Å². The lowest BCUT2D eigenvalue weighted by molar-refractivity contribution is 0.0270. The van der Waals surface area contributed by atoms with Crippen LogP contribution in [0, 0.1) is 5.92 Å². The summed E-state index contributed by atoms with van der Waals surface area (Å²) in [5.41, 5.74) is 0. The molecule has 2 aromatic rings. The normalized spacial score (nSPS) is 22.7. The Hall–Kier alpha value is -1.24. The van der Waals surface area contributed by atoms with Crippen molar-refractivity contribution in [3.63, 3.8) is 0 Å². The summed E-state index contributed by atoms with van der Waals surface area (Å²) in [4.78, 5) is 7.58. The number of rotatable bonds is 5. The first-order chi connectivity index (χ1) is 9.20. The zero-order chi connectivity index (χ0) is 13.2. The molecule has 0 aliphatic heterocycles. The van der Waals surface area contributed by atoms with Crippen molar-refractivity contribution in [2.24, 2.45) is 5.92 Å². The Morgan fingerprint density at radius 3 is 3.05 bits per heavy atom. The van der Waals surface area contributed by atoms with E-state index in [2.05, 4.69) is 15.0 Å². The van der Waals surface area contributed by atoms with E-state index < -0.39 is 0 Å². The van der Waals surface area contributed by atoms with Gasteiger partial charge in [0.1, 0.15) is 0 Å². The van der Waals surface area contributed by atoms with Gasteiger partial charge in [0.15, 0.2) is 5.82 Å². The van der Waals surface area contributed by atoms with Crippen molar-refractivity contribution >= 4 is 11.3 Å². The van der Waals surface area contributed by atoms with Gasteiger partial charge < -0.3 is 9.63 Å². The van der Waals surface area contributed by atoms with Gasteiger partial charge >= 0.3 is 0 Å². The minimum absolute atomic E-state index is 0.0889. The van der Waals surface area contributed by atoms with E-state index >= 15 is 0 Å². The number of aliphatic hydroxyl groups is 1. The van der Waals surface area contributed by atoms with Gasteiger partial charge in [-0.1, -0.05) is 11.2 Å². The molecule has 0 atom stereocenters. The second-order valence-electron chi connectivity index (χ2n) is 5.18. The Bertz CT molecular complexity index is 520. The average molecular weight is 279 g/mol. The second-order valence-corrected chi connectivity index (χ2v) is 6.13. The van der Waals surface area contributed by atoms with Crippen molar-refractivity contribution in [3.8, 4) is 10.8 Å². The van der Waals surface area contributed by atoms with Gasteiger partial charge in [-0.15, -0.1) is 11.3 Å². The Morgan fingerprint density at radius 2 is 2.37 bits per heavy atom. The minimum Gasteiger partial charge on any atom is -0.393 e. The molecule has 6 heteroatoms. The van der Waals surface area contributed by atoms with Crippen LogP contribution in [0.15, 0.2) is 22.0 Å². The van der Waals surface area contributed by atoms with Crippen LogP contribution in [0.2, 0.25) is 0 Å². The molecule has 19 heavy (non-hydrogen) atoms. The summed E-state index contributed by atoms with van der Waals surface area (Å²) in [6.07, 6.45) is 1.74. The molecule has 3 rings (SSSR count). The van der Waals surface area contributed by atoms with Gasteiger partial charge in [-0.25, -0.2) is 0 Å². The van der Waals surface area contributed by atoms with E-state index in [-0.39, 0.29) is 6.10 Å². The molecule has 0 radical (unpaired) electrons. The van der Waals surface area contributed by atoms with Crippen molar-refractivity contribution in [1.29, 1.82) is 0 Å². The molecule has 0 bridgehead atoms. The fourth-order valence-corrected chi connectivity index (χ4v) is 3.06. The predicted molar refractivity (Wildman–Crippen MR) is 72.7 cm³/mol. The van der Waals surface area contributed by atoms with Crippen LogP contribution in [0.3, 0.4) is 0 Å². The monoisotopic (exact) mass is 279 g/mol. The number of aliphatic hydroxyl groups excluding tert-OH is 1. The van der Waals surface area contributed by atoms with E-state index in [4.69, 9.17) is 4.52 Å². The van der Waals surface area contributed by atoms with E-state index in [0.717, 1.165) is 24.3 Å². The highest BCUT2D eigenvalue weighted by atomic mass is 32.1. The Morgan fingerprint density at radius 1 is 1.53 bits per heavy atom. The van der Waals surface area contributed by atoms with Crippen molar-refractivity contribution in [2.45, 2.75) is 25.5 Å². The largest absolute Gasteiger partial charge is 0.393 e. The van der Waals surface area contributed by atoms with E-state index in [9.17, 15) is 5.11 Å². The summed E-state index contributed by atoms with van der Waals surface area (Å²) in [5, 5.41) is 15.3. The van der Waals surface area contributed by atoms with Crippen LogP contribution in [-0.2, 0) is 6.54 Å². The molecule has 0 saturated heterocycles. The summed E-state index contributed by atoms with van der Waals surface area (Å²) in [5.74, 6) is 1.91. The first kappa shape index (κ1) is 12.8. The van der Waals surface area contributed by atoms with Gasteiger partial charge in [-0.05, 0) is 37.3 Å². The molecule has 2 heterocycles. The predicted octanol–water partition coefficient (Wildman–Crippen LogP) is 2.00. The quantitative estimate of drug-likeness (QED) is 0.907. The van der Waals surface area contributed by atoms with Gasteiger partial charge in [-0.3, -0.25) is 4.90 Å². The Kier molecular flexibility index (Phi) is 3.63. The van der Waals surface area contributed by atoms with Crippen molar-refractivity contribution in [1.82, 2.24) is 15.0 Å². The lowest BCUT2D eigenvalue weighted by Crippen LogP contribution is -2.36. The van der Waals surface area contributed by atoms with Gasteiger partial charge in [-0.2, -0.15) is 4.98 Å². The molecule has 1 N–H and O–H groups in total. The van der Waals surface area contributed by atoms with Crippen LogP contribution in [0.5, 0.6) is 0 Å². The highest BCUT2D eigenvalue weighted by molar-refractivity contribution is 7.13. The zero-order valence-electron chi connectivity index (χ0n) is 10.8. The number of nitrogens with zero attached hydrogens (tertiary/aromatic N) is 3. The SMILES string of the molecule is CN(Cc1noc(-c2cccs2)n1)CC1CC(O)C1. The summed E-state index contributed by atoms with van der Waals surface area (Å²) in [6, 6.07) is 3.94. The van der Waals surface area contributed by atoms with E-state index in [1.54, 1.807) is 11.3 Å². The molecule has 0 spiro atoms. The first-order valence-corrected chi connectivity index (χ1v) is 7.32. The average Bonchev–Trinajstić information content (AvgIpc) is 2.96. The minimum atomic E-state index is -0.0889. The standard InChI is InChI=1S/C13H17N3O2S/c1-16(7-9-5-10(17)6-9)8-12-14-13(18-15-12)11-3-2-4-19-11/h2-4,9-10,17H,5-8H2,1H3. The number of aromatic nitrogens is 2. The van der Waals surface area contributed by atoms with E-state index in [0.29, 0.717) is 24.2 Å². The fourth-order valence-electron chi connectivity index (χ4n) is 2.41. The third-order valence-electron chi connectivity index (χ3n) is 3.39. The van der Waals surface area contributed by atoms with Crippen molar-refractivity contribution in [3.05, 3.63) is 23.3 Å². The first-order valence-electron chi connectivity index (χ1n) is 6.44. The van der Waals surface area contributed by atoms with Gasteiger partial charge in [0.05, 0.1) is 17.5 Å². The van der Waals surface area contributed by atoms with Crippen LogP contribution in [0.4, 0.5) is 0 Å². The molecular weight excluding hydrogens is 262 g/mol. The zero-order valence-corrected chi connectivity index (χ0v) is 11.6. The molecule has 1 saturated carbocycles. The highest BCUT2D eigenvalue weighted by Crippen LogP contribution is 2.28. The molecule has 102 valence electrons. The third-order valence-corrected chi connectivity index (χ3v) is 4.25.